The van der Waals surface area contributed by atoms with Crippen LogP contribution in [0.15, 0.2) is 60.5 Å². The Morgan fingerprint density at radius 2 is 2.18 bits per heavy atom. The highest BCUT2D eigenvalue weighted by Crippen LogP contribution is 2.20. The number of benzene rings is 1. The van der Waals surface area contributed by atoms with Crippen LogP contribution < -0.4 is 10.6 Å². The third-order valence-electron chi connectivity index (χ3n) is 3.88. The lowest BCUT2D eigenvalue weighted by molar-refractivity contribution is -0.117. The summed E-state index contributed by atoms with van der Waals surface area (Å²) in [6.45, 7) is 0. The molecule has 3 rings (SSSR count). The molecule has 1 aromatic heterocycles. The van der Waals surface area contributed by atoms with E-state index in [1.165, 1.54) is 0 Å². The number of rotatable bonds is 4. The van der Waals surface area contributed by atoms with Crippen molar-refractivity contribution in [2.75, 3.05) is 12.4 Å². The van der Waals surface area contributed by atoms with Gasteiger partial charge in [-0.1, -0.05) is 24.3 Å². The fraction of sp³-hybridized carbons (Fsp3) is 0.222. The van der Waals surface area contributed by atoms with E-state index in [1.54, 1.807) is 6.20 Å². The van der Waals surface area contributed by atoms with Crippen LogP contribution in [0.25, 0.3) is 10.8 Å². The van der Waals surface area contributed by atoms with Gasteiger partial charge in [0, 0.05) is 23.5 Å². The summed E-state index contributed by atoms with van der Waals surface area (Å²) >= 11 is 0. The van der Waals surface area contributed by atoms with Crippen LogP contribution in [0.1, 0.15) is 12.8 Å². The van der Waals surface area contributed by atoms with E-state index >= 15 is 0 Å². The zero-order valence-corrected chi connectivity index (χ0v) is 12.5. The number of nitrogens with zero attached hydrogens (tertiary/aromatic N) is 1. The number of carbonyl (C=O) groups is 1. The lowest BCUT2D eigenvalue weighted by Gasteiger charge is -2.20. The molecule has 0 saturated heterocycles. The molecule has 0 saturated carbocycles. The number of amides is 1. The summed E-state index contributed by atoms with van der Waals surface area (Å²) < 4.78 is 0. The maximum absolute atomic E-state index is 12.5. The van der Waals surface area contributed by atoms with Crippen LogP contribution in [0.3, 0.4) is 0 Å². The molecule has 22 heavy (non-hydrogen) atoms. The Morgan fingerprint density at radius 3 is 2.95 bits per heavy atom. The molecule has 4 heteroatoms. The van der Waals surface area contributed by atoms with Gasteiger partial charge in [-0.25, -0.2) is 0 Å². The molecule has 0 spiro atoms. The van der Waals surface area contributed by atoms with Crippen molar-refractivity contribution >= 4 is 22.4 Å². The van der Waals surface area contributed by atoms with Crippen molar-refractivity contribution in [1.82, 2.24) is 10.3 Å². The topological polar surface area (TPSA) is 54.0 Å². The van der Waals surface area contributed by atoms with Crippen molar-refractivity contribution in [3.05, 3.63) is 60.5 Å². The summed E-state index contributed by atoms with van der Waals surface area (Å²) in [5.74, 6) is -0.0301. The Morgan fingerprint density at radius 1 is 1.27 bits per heavy atom. The minimum atomic E-state index is -0.293. The highest BCUT2D eigenvalue weighted by Gasteiger charge is 2.21. The number of hydrogen-bond donors (Lipinski definition) is 2. The van der Waals surface area contributed by atoms with Gasteiger partial charge in [0.05, 0.1) is 0 Å². The normalized spacial score (nSPS) is 15.4. The number of fused-ring (bicyclic) bond motifs is 1. The first-order valence-corrected chi connectivity index (χ1v) is 7.45. The number of carbonyl (C=O) groups excluding carboxylic acids is 1. The van der Waals surface area contributed by atoms with Crippen LogP contribution >= 0.6 is 0 Å². The molecule has 4 nitrogen and oxygen atoms in total. The quantitative estimate of drug-likeness (QED) is 0.911. The summed E-state index contributed by atoms with van der Waals surface area (Å²) in [5, 5.41) is 8.22. The number of hydrogen-bond acceptors (Lipinski definition) is 3. The molecule has 1 aliphatic rings. The molecule has 0 unspecified atom stereocenters. The van der Waals surface area contributed by atoms with E-state index in [0.29, 0.717) is 0 Å². The van der Waals surface area contributed by atoms with E-state index < -0.39 is 0 Å². The van der Waals surface area contributed by atoms with E-state index in [4.69, 9.17) is 0 Å². The maximum Gasteiger partial charge on any atom is 0.245 e. The number of aromatic nitrogens is 1. The van der Waals surface area contributed by atoms with E-state index in [0.717, 1.165) is 34.9 Å². The van der Waals surface area contributed by atoms with Gasteiger partial charge in [-0.3, -0.25) is 9.78 Å². The molecule has 1 heterocycles. The smallest absolute Gasteiger partial charge is 0.245 e. The Kier molecular flexibility index (Phi) is 4.30. The van der Waals surface area contributed by atoms with Crippen LogP contribution in [-0.2, 0) is 4.79 Å². The average Bonchev–Trinajstić information content (AvgIpc) is 2.56. The molecule has 0 bridgehead atoms. The second-order valence-corrected chi connectivity index (χ2v) is 5.36. The molecule has 1 amide bonds. The Hall–Kier alpha value is -2.46. The van der Waals surface area contributed by atoms with Crippen LogP contribution in [-0.4, -0.2) is 24.0 Å². The van der Waals surface area contributed by atoms with E-state index in [-0.39, 0.29) is 11.9 Å². The molecule has 1 aliphatic carbocycles. The van der Waals surface area contributed by atoms with E-state index in [9.17, 15) is 4.79 Å². The van der Waals surface area contributed by atoms with Gasteiger partial charge in [-0.15, -0.1) is 0 Å². The van der Waals surface area contributed by atoms with Gasteiger partial charge in [0.1, 0.15) is 6.04 Å². The summed E-state index contributed by atoms with van der Waals surface area (Å²) in [4.78, 5) is 16.6. The van der Waals surface area contributed by atoms with Gasteiger partial charge in [-0.05, 0) is 49.0 Å². The average molecular weight is 293 g/mol. The second-order valence-electron chi connectivity index (χ2n) is 5.36. The molecule has 2 N–H and O–H groups in total. The summed E-state index contributed by atoms with van der Waals surface area (Å²) in [5.41, 5.74) is 1.92. The minimum Gasteiger partial charge on any atom is -0.324 e. The summed E-state index contributed by atoms with van der Waals surface area (Å²) in [6, 6.07) is 7.49. The largest absolute Gasteiger partial charge is 0.324 e. The van der Waals surface area contributed by atoms with Crippen molar-refractivity contribution in [2.24, 2.45) is 0 Å². The van der Waals surface area contributed by atoms with Crippen molar-refractivity contribution < 1.29 is 4.79 Å². The van der Waals surface area contributed by atoms with Gasteiger partial charge in [0.15, 0.2) is 0 Å². The monoisotopic (exact) mass is 293 g/mol. The number of pyridine rings is 1. The zero-order valence-electron chi connectivity index (χ0n) is 12.5. The zero-order chi connectivity index (χ0) is 15.4. The van der Waals surface area contributed by atoms with Crippen molar-refractivity contribution in [3.8, 4) is 0 Å². The first-order chi connectivity index (χ1) is 10.8. The van der Waals surface area contributed by atoms with Crippen molar-refractivity contribution in [1.29, 1.82) is 0 Å². The first-order valence-electron chi connectivity index (χ1n) is 7.45. The predicted molar refractivity (Wildman–Crippen MR) is 89.7 cm³/mol. The first kappa shape index (κ1) is 14.5. The molecule has 0 fully saturated rings. The Labute approximate surface area is 129 Å². The second kappa shape index (κ2) is 6.54. The maximum atomic E-state index is 12.5. The predicted octanol–water partition coefficient (Wildman–Crippen LogP) is 3.04. The Bertz CT molecular complexity index is 749. The van der Waals surface area contributed by atoms with E-state index in [1.807, 2.05) is 49.7 Å². The van der Waals surface area contributed by atoms with E-state index in [2.05, 4.69) is 21.7 Å². The molecular formula is C18H19N3O. The number of anilines is 1. The summed E-state index contributed by atoms with van der Waals surface area (Å²) in [6.07, 6.45) is 11.6. The lowest BCUT2D eigenvalue weighted by Crippen LogP contribution is -2.40. The minimum absolute atomic E-state index is 0.0301. The Balaban J connectivity index is 1.79. The number of likely N-dealkylation sites (N-methyl/N-ethyl adjacent to an activating group) is 1. The SMILES string of the molecule is CN[C@@H](C(=O)Nc1ccc2cnccc2c1)C1=CC=CCC1. The lowest BCUT2D eigenvalue weighted by atomic mass is 9.97. The van der Waals surface area contributed by atoms with Gasteiger partial charge >= 0.3 is 0 Å². The van der Waals surface area contributed by atoms with Crippen LogP contribution in [0, 0.1) is 0 Å². The molecule has 1 atom stereocenters. The molecular weight excluding hydrogens is 274 g/mol. The number of nitrogens with one attached hydrogen (secondary N) is 2. The van der Waals surface area contributed by atoms with Gasteiger partial charge in [0.25, 0.3) is 0 Å². The fourth-order valence-electron chi connectivity index (χ4n) is 2.72. The third kappa shape index (κ3) is 3.07. The van der Waals surface area contributed by atoms with Crippen molar-refractivity contribution in [3.63, 3.8) is 0 Å². The molecule has 0 aliphatic heterocycles. The molecule has 2 aromatic rings. The highest BCUT2D eigenvalue weighted by atomic mass is 16.2. The van der Waals surface area contributed by atoms with Crippen molar-refractivity contribution in [2.45, 2.75) is 18.9 Å². The van der Waals surface area contributed by atoms with Crippen LogP contribution in [0.5, 0.6) is 0 Å². The van der Waals surface area contributed by atoms with Crippen LogP contribution in [0.2, 0.25) is 0 Å². The molecule has 0 radical (unpaired) electrons. The standard InChI is InChI=1S/C18H19N3O/c1-19-17(13-5-3-2-4-6-13)18(22)21-16-8-7-15-12-20-10-9-14(15)11-16/h2-3,5,7-12,17,19H,4,6H2,1H3,(H,21,22)/t17-/m1/s1. The van der Waals surface area contributed by atoms with Crippen LogP contribution in [0.4, 0.5) is 5.69 Å². The molecule has 112 valence electrons. The fourth-order valence-corrected chi connectivity index (χ4v) is 2.72. The highest BCUT2D eigenvalue weighted by molar-refractivity contribution is 5.98. The summed E-state index contributed by atoms with van der Waals surface area (Å²) in [7, 11) is 1.81. The molecule has 1 aromatic carbocycles. The van der Waals surface area contributed by atoms with Gasteiger partial charge in [-0.2, -0.15) is 0 Å². The number of allylic oxidation sites excluding steroid dienone is 3. The van der Waals surface area contributed by atoms with Gasteiger partial charge in [0.2, 0.25) is 5.91 Å². The van der Waals surface area contributed by atoms with Gasteiger partial charge < -0.3 is 10.6 Å². The third-order valence-corrected chi connectivity index (χ3v) is 3.88.